The van der Waals surface area contributed by atoms with Crippen molar-refractivity contribution in [3.63, 3.8) is 0 Å². The SMILES string of the molecule is Cc1cc(B(O)O)ccc1OC1CCOC1. The summed E-state index contributed by atoms with van der Waals surface area (Å²) in [7, 11) is -1.43. The molecule has 1 saturated heterocycles. The largest absolute Gasteiger partial charge is 0.488 e. The third-order valence-electron chi connectivity index (χ3n) is 2.68. The van der Waals surface area contributed by atoms with Crippen molar-refractivity contribution in [1.29, 1.82) is 0 Å². The Kier molecular flexibility index (Phi) is 3.48. The molecule has 1 aromatic rings. The van der Waals surface area contributed by atoms with Crippen molar-refractivity contribution < 1.29 is 19.5 Å². The molecule has 0 aliphatic carbocycles. The van der Waals surface area contributed by atoms with Gasteiger partial charge in [-0.2, -0.15) is 0 Å². The fourth-order valence-corrected chi connectivity index (χ4v) is 1.75. The van der Waals surface area contributed by atoms with Crippen LogP contribution in [-0.2, 0) is 4.74 Å². The van der Waals surface area contributed by atoms with Crippen molar-refractivity contribution >= 4 is 12.6 Å². The molecule has 1 fully saturated rings. The van der Waals surface area contributed by atoms with Crippen molar-refractivity contribution in [3.05, 3.63) is 23.8 Å². The van der Waals surface area contributed by atoms with Crippen LogP contribution in [0.2, 0.25) is 0 Å². The molecule has 0 bridgehead atoms. The first-order chi connectivity index (χ1) is 7.66. The van der Waals surface area contributed by atoms with Gasteiger partial charge in [0.15, 0.2) is 0 Å². The maximum Gasteiger partial charge on any atom is 0.488 e. The second-order valence-electron chi connectivity index (χ2n) is 4.00. The fraction of sp³-hybridized carbons (Fsp3) is 0.455. The molecule has 1 atom stereocenters. The van der Waals surface area contributed by atoms with Gasteiger partial charge in [0, 0.05) is 6.42 Å². The first-order valence-electron chi connectivity index (χ1n) is 5.38. The predicted octanol–water partition coefficient (Wildman–Crippen LogP) is -0.157. The van der Waals surface area contributed by atoms with Crippen LogP contribution in [0.5, 0.6) is 5.75 Å². The molecular formula is C11H15BO4. The maximum atomic E-state index is 9.02. The van der Waals surface area contributed by atoms with Crippen LogP contribution >= 0.6 is 0 Å². The van der Waals surface area contributed by atoms with E-state index in [0.29, 0.717) is 12.1 Å². The average molecular weight is 222 g/mol. The minimum absolute atomic E-state index is 0.114. The van der Waals surface area contributed by atoms with Gasteiger partial charge >= 0.3 is 7.12 Å². The normalized spacial score (nSPS) is 19.8. The van der Waals surface area contributed by atoms with Gasteiger partial charge in [-0.3, -0.25) is 0 Å². The summed E-state index contributed by atoms with van der Waals surface area (Å²) in [5.41, 5.74) is 1.38. The van der Waals surface area contributed by atoms with Crippen LogP contribution in [-0.4, -0.2) is 36.5 Å². The summed E-state index contributed by atoms with van der Waals surface area (Å²) in [5, 5.41) is 18.0. The van der Waals surface area contributed by atoms with E-state index in [9.17, 15) is 0 Å². The van der Waals surface area contributed by atoms with Crippen molar-refractivity contribution in [2.75, 3.05) is 13.2 Å². The lowest BCUT2D eigenvalue weighted by atomic mass is 9.79. The Morgan fingerprint density at radius 3 is 2.81 bits per heavy atom. The minimum Gasteiger partial charge on any atom is -0.488 e. The zero-order chi connectivity index (χ0) is 11.5. The van der Waals surface area contributed by atoms with E-state index in [1.54, 1.807) is 18.2 Å². The Hall–Kier alpha value is -1.04. The van der Waals surface area contributed by atoms with Crippen LogP contribution in [0.4, 0.5) is 0 Å². The highest BCUT2D eigenvalue weighted by Gasteiger charge is 2.19. The van der Waals surface area contributed by atoms with Gasteiger partial charge in [0.2, 0.25) is 0 Å². The third-order valence-corrected chi connectivity index (χ3v) is 2.68. The van der Waals surface area contributed by atoms with Crippen molar-refractivity contribution in [3.8, 4) is 5.75 Å². The Bertz CT molecular complexity index is 361. The van der Waals surface area contributed by atoms with E-state index in [4.69, 9.17) is 19.5 Å². The molecule has 5 heteroatoms. The minimum atomic E-state index is -1.43. The zero-order valence-electron chi connectivity index (χ0n) is 9.22. The number of aryl methyl sites for hydroxylation is 1. The van der Waals surface area contributed by atoms with Gasteiger partial charge in [0.1, 0.15) is 11.9 Å². The standard InChI is InChI=1S/C11H15BO4/c1-8-6-9(12(13)14)2-3-11(8)16-10-4-5-15-7-10/h2-3,6,10,13-14H,4-5,7H2,1H3. The molecule has 0 radical (unpaired) electrons. The highest BCUT2D eigenvalue weighted by molar-refractivity contribution is 6.58. The number of ether oxygens (including phenoxy) is 2. The Labute approximate surface area is 95.0 Å². The van der Waals surface area contributed by atoms with Crippen LogP contribution in [0.1, 0.15) is 12.0 Å². The molecular weight excluding hydrogens is 207 g/mol. The van der Waals surface area contributed by atoms with Gasteiger partial charge in [0.05, 0.1) is 13.2 Å². The molecule has 0 spiro atoms. The van der Waals surface area contributed by atoms with Crippen molar-refractivity contribution in [2.45, 2.75) is 19.4 Å². The molecule has 2 rings (SSSR count). The summed E-state index contributed by atoms with van der Waals surface area (Å²) < 4.78 is 11.0. The Balaban J connectivity index is 2.09. The van der Waals surface area contributed by atoms with E-state index < -0.39 is 7.12 Å². The number of rotatable bonds is 3. The maximum absolute atomic E-state index is 9.02. The van der Waals surface area contributed by atoms with E-state index in [2.05, 4.69) is 0 Å². The molecule has 16 heavy (non-hydrogen) atoms. The lowest BCUT2D eigenvalue weighted by Crippen LogP contribution is -2.30. The van der Waals surface area contributed by atoms with E-state index in [1.807, 2.05) is 6.92 Å². The van der Waals surface area contributed by atoms with Gasteiger partial charge in [-0.25, -0.2) is 0 Å². The molecule has 1 heterocycles. The fourth-order valence-electron chi connectivity index (χ4n) is 1.75. The number of hydrogen-bond acceptors (Lipinski definition) is 4. The molecule has 1 aliphatic heterocycles. The van der Waals surface area contributed by atoms with Crippen LogP contribution < -0.4 is 10.2 Å². The first-order valence-corrected chi connectivity index (χ1v) is 5.38. The van der Waals surface area contributed by atoms with Gasteiger partial charge < -0.3 is 19.5 Å². The lowest BCUT2D eigenvalue weighted by Gasteiger charge is -2.14. The zero-order valence-corrected chi connectivity index (χ0v) is 9.22. The van der Waals surface area contributed by atoms with E-state index in [0.717, 1.165) is 24.3 Å². The van der Waals surface area contributed by atoms with Gasteiger partial charge in [0.25, 0.3) is 0 Å². The van der Waals surface area contributed by atoms with Crippen LogP contribution in [0.15, 0.2) is 18.2 Å². The van der Waals surface area contributed by atoms with Gasteiger partial charge in [-0.05, 0) is 24.0 Å². The monoisotopic (exact) mass is 222 g/mol. The molecule has 2 N–H and O–H groups in total. The average Bonchev–Trinajstić information content (AvgIpc) is 2.73. The Morgan fingerprint density at radius 1 is 1.44 bits per heavy atom. The quantitative estimate of drug-likeness (QED) is 0.698. The van der Waals surface area contributed by atoms with E-state index in [-0.39, 0.29) is 6.10 Å². The molecule has 1 unspecified atom stereocenters. The summed E-state index contributed by atoms with van der Waals surface area (Å²) in [6.45, 7) is 3.26. The van der Waals surface area contributed by atoms with Crippen LogP contribution in [0, 0.1) is 6.92 Å². The van der Waals surface area contributed by atoms with Crippen LogP contribution in [0.3, 0.4) is 0 Å². The number of hydrogen-bond donors (Lipinski definition) is 2. The topological polar surface area (TPSA) is 58.9 Å². The summed E-state index contributed by atoms with van der Waals surface area (Å²) >= 11 is 0. The molecule has 0 saturated carbocycles. The second-order valence-corrected chi connectivity index (χ2v) is 4.00. The molecule has 1 aliphatic rings. The number of benzene rings is 1. The smallest absolute Gasteiger partial charge is 0.488 e. The predicted molar refractivity (Wildman–Crippen MR) is 60.9 cm³/mol. The molecule has 1 aromatic carbocycles. The summed E-state index contributed by atoms with van der Waals surface area (Å²) in [4.78, 5) is 0. The van der Waals surface area contributed by atoms with Crippen LogP contribution in [0.25, 0.3) is 0 Å². The molecule has 0 aromatic heterocycles. The molecule has 4 nitrogen and oxygen atoms in total. The first kappa shape index (κ1) is 11.5. The van der Waals surface area contributed by atoms with E-state index >= 15 is 0 Å². The van der Waals surface area contributed by atoms with Gasteiger partial charge in [-0.15, -0.1) is 0 Å². The third kappa shape index (κ3) is 2.55. The van der Waals surface area contributed by atoms with E-state index in [1.165, 1.54) is 0 Å². The molecule has 0 amide bonds. The summed E-state index contributed by atoms with van der Waals surface area (Å²) in [5.74, 6) is 0.778. The second kappa shape index (κ2) is 4.87. The highest BCUT2D eigenvalue weighted by atomic mass is 16.5. The Morgan fingerprint density at radius 2 is 2.25 bits per heavy atom. The lowest BCUT2D eigenvalue weighted by molar-refractivity contribution is 0.141. The van der Waals surface area contributed by atoms with Crippen molar-refractivity contribution in [1.82, 2.24) is 0 Å². The molecule has 86 valence electrons. The summed E-state index contributed by atoms with van der Waals surface area (Å²) in [6, 6.07) is 5.14. The highest BCUT2D eigenvalue weighted by Crippen LogP contribution is 2.20. The van der Waals surface area contributed by atoms with Crippen molar-refractivity contribution in [2.24, 2.45) is 0 Å². The summed E-state index contributed by atoms with van der Waals surface area (Å²) in [6.07, 6.45) is 1.02. The van der Waals surface area contributed by atoms with Gasteiger partial charge in [-0.1, -0.05) is 12.1 Å².